The molecule has 19 heavy (non-hydrogen) atoms. The number of anilines is 1. The van der Waals surface area contributed by atoms with Gasteiger partial charge < -0.3 is 15.8 Å². The lowest BCUT2D eigenvalue weighted by molar-refractivity contribution is 0.318. The van der Waals surface area contributed by atoms with Crippen molar-refractivity contribution in [2.75, 3.05) is 18.0 Å². The van der Waals surface area contributed by atoms with Gasteiger partial charge >= 0.3 is 0 Å². The van der Waals surface area contributed by atoms with Gasteiger partial charge in [0.2, 0.25) is 0 Å². The van der Waals surface area contributed by atoms with Crippen LogP contribution in [0.5, 0.6) is 0 Å². The summed E-state index contributed by atoms with van der Waals surface area (Å²) >= 11 is 0. The zero-order valence-corrected chi connectivity index (χ0v) is 12.2. The summed E-state index contributed by atoms with van der Waals surface area (Å²) in [4.78, 5) is 6.64. The van der Waals surface area contributed by atoms with Crippen LogP contribution in [-0.2, 0) is 0 Å². The van der Waals surface area contributed by atoms with Crippen LogP contribution in [0.15, 0.2) is 23.5 Å². The van der Waals surface area contributed by atoms with Gasteiger partial charge in [-0.2, -0.15) is 0 Å². The van der Waals surface area contributed by atoms with Gasteiger partial charge in [-0.25, -0.2) is 4.98 Å². The zero-order valence-electron chi connectivity index (χ0n) is 12.2. The van der Waals surface area contributed by atoms with E-state index in [1.165, 1.54) is 0 Å². The molecule has 0 bridgehead atoms. The highest BCUT2D eigenvalue weighted by molar-refractivity contribution is 5.97. The Bertz CT molecular complexity index is 419. The molecule has 0 atom stereocenters. The Labute approximate surface area is 115 Å². The van der Waals surface area contributed by atoms with Crippen LogP contribution in [0.25, 0.3) is 0 Å². The quantitative estimate of drug-likeness (QED) is 0.358. The Hall–Kier alpha value is -1.78. The third kappa shape index (κ3) is 4.77. The molecule has 1 rings (SSSR count). The Morgan fingerprint density at radius 2 is 1.89 bits per heavy atom. The first kappa shape index (κ1) is 15.3. The van der Waals surface area contributed by atoms with Crippen LogP contribution in [0.4, 0.5) is 5.82 Å². The smallest absolute Gasteiger partial charge is 0.170 e. The van der Waals surface area contributed by atoms with Crippen LogP contribution in [0, 0.1) is 11.8 Å². The fraction of sp³-hybridized carbons (Fsp3) is 0.571. The number of hydrogen-bond donors (Lipinski definition) is 2. The van der Waals surface area contributed by atoms with Crippen LogP contribution in [0.1, 0.15) is 33.3 Å². The minimum atomic E-state index is 0.109. The van der Waals surface area contributed by atoms with Crippen LogP contribution in [-0.4, -0.2) is 29.1 Å². The van der Waals surface area contributed by atoms with Gasteiger partial charge in [-0.05, 0) is 24.0 Å². The third-order valence-corrected chi connectivity index (χ3v) is 2.64. The number of nitrogens with two attached hydrogens (primary N) is 1. The van der Waals surface area contributed by atoms with Crippen molar-refractivity contribution in [2.45, 2.75) is 27.7 Å². The van der Waals surface area contributed by atoms with Gasteiger partial charge in [0.05, 0.1) is 0 Å². The lowest BCUT2D eigenvalue weighted by Crippen LogP contribution is -2.32. The van der Waals surface area contributed by atoms with Crippen LogP contribution in [0.3, 0.4) is 0 Å². The van der Waals surface area contributed by atoms with Crippen molar-refractivity contribution in [1.29, 1.82) is 0 Å². The highest BCUT2D eigenvalue weighted by Gasteiger charge is 2.13. The van der Waals surface area contributed by atoms with Crippen molar-refractivity contribution < 1.29 is 5.21 Å². The molecule has 0 unspecified atom stereocenters. The van der Waals surface area contributed by atoms with E-state index in [4.69, 9.17) is 10.9 Å². The first-order valence-corrected chi connectivity index (χ1v) is 6.63. The minimum Gasteiger partial charge on any atom is -0.409 e. The topological polar surface area (TPSA) is 74.7 Å². The molecule has 106 valence electrons. The molecule has 5 nitrogen and oxygen atoms in total. The van der Waals surface area contributed by atoms with Gasteiger partial charge in [0.15, 0.2) is 5.84 Å². The maximum Gasteiger partial charge on any atom is 0.170 e. The van der Waals surface area contributed by atoms with E-state index in [-0.39, 0.29) is 5.84 Å². The number of rotatable bonds is 6. The standard InChI is InChI=1S/C14H24N4O/c1-10(2)8-18(9-11(3)4)13-7-12(5-6-16-13)14(15)17-19/h5-7,10-11,19H,8-9H2,1-4H3,(H2,15,17). The normalized spacial score (nSPS) is 12.2. The average molecular weight is 264 g/mol. The second-order valence-corrected chi connectivity index (χ2v) is 5.58. The number of pyridine rings is 1. The fourth-order valence-electron chi connectivity index (χ4n) is 1.95. The number of amidine groups is 1. The number of oxime groups is 1. The first-order valence-electron chi connectivity index (χ1n) is 6.63. The van der Waals surface area contributed by atoms with Gasteiger partial charge in [-0.15, -0.1) is 0 Å². The van der Waals surface area contributed by atoms with E-state index in [0.29, 0.717) is 17.4 Å². The summed E-state index contributed by atoms with van der Waals surface area (Å²) in [5.41, 5.74) is 6.30. The van der Waals surface area contributed by atoms with Crippen molar-refractivity contribution in [3.05, 3.63) is 23.9 Å². The summed E-state index contributed by atoms with van der Waals surface area (Å²) in [5.74, 6) is 2.07. The van der Waals surface area contributed by atoms with E-state index >= 15 is 0 Å². The van der Waals surface area contributed by atoms with E-state index in [1.807, 2.05) is 6.07 Å². The largest absolute Gasteiger partial charge is 0.409 e. The maximum atomic E-state index is 8.74. The van der Waals surface area contributed by atoms with Gasteiger partial charge in [0.25, 0.3) is 0 Å². The van der Waals surface area contributed by atoms with Crippen LogP contribution in [0.2, 0.25) is 0 Å². The highest BCUT2D eigenvalue weighted by atomic mass is 16.4. The predicted octanol–water partition coefficient (Wildman–Crippen LogP) is 2.29. The molecule has 1 aromatic rings. The summed E-state index contributed by atoms with van der Waals surface area (Å²) in [6.07, 6.45) is 1.69. The molecule has 1 heterocycles. The van der Waals surface area contributed by atoms with E-state index in [2.05, 4.69) is 42.7 Å². The van der Waals surface area contributed by atoms with Gasteiger partial charge in [-0.3, -0.25) is 0 Å². The fourth-order valence-corrected chi connectivity index (χ4v) is 1.95. The van der Waals surface area contributed by atoms with Gasteiger partial charge in [-0.1, -0.05) is 32.9 Å². The zero-order chi connectivity index (χ0) is 14.4. The van der Waals surface area contributed by atoms with Crippen molar-refractivity contribution in [2.24, 2.45) is 22.7 Å². The van der Waals surface area contributed by atoms with Crippen molar-refractivity contribution in [1.82, 2.24) is 4.98 Å². The van der Waals surface area contributed by atoms with Gasteiger partial charge in [0.1, 0.15) is 5.82 Å². The van der Waals surface area contributed by atoms with Crippen molar-refractivity contribution in [3.8, 4) is 0 Å². The molecule has 0 radical (unpaired) electrons. The molecular formula is C14H24N4O. The number of aromatic nitrogens is 1. The number of hydrogen-bond acceptors (Lipinski definition) is 4. The molecule has 0 aliphatic heterocycles. The average Bonchev–Trinajstić information content (AvgIpc) is 2.36. The molecule has 0 saturated heterocycles. The van der Waals surface area contributed by atoms with Crippen LogP contribution < -0.4 is 10.6 Å². The highest BCUT2D eigenvalue weighted by Crippen LogP contribution is 2.16. The van der Waals surface area contributed by atoms with E-state index in [1.54, 1.807) is 12.3 Å². The molecule has 5 heteroatoms. The Balaban J connectivity index is 3.01. The Morgan fingerprint density at radius 1 is 1.32 bits per heavy atom. The van der Waals surface area contributed by atoms with E-state index < -0.39 is 0 Å². The summed E-state index contributed by atoms with van der Waals surface area (Å²) < 4.78 is 0. The predicted molar refractivity (Wildman–Crippen MR) is 78.6 cm³/mol. The lowest BCUT2D eigenvalue weighted by Gasteiger charge is -2.27. The monoisotopic (exact) mass is 264 g/mol. The van der Waals surface area contributed by atoms with Gasteiger partial charge in [0, 0.05) is 24.8 Å². The maximum absolute atomic E-state index is 8.74. The Kier molecular flexibility index (Phi) is 5.60. The van der Waals surface area contributed by atoms with Crippen LogP contribution >= 0.6 is 0 Å². The molecule has 0 spiro atoms. The molecule has 1 aromatic heterocycles. The lowest BCUT2D eigenvalue weighted by atomic mass is 10.1. The second-order valence-electron chi connectivity index (χ2n) is 5.58. The Morgan fingerprint density at radius 3 is 2.37 bits per heavy atom. The molecule has 3 N–H and O–H groups in total. The SMILES string of the molecule is CC(C)CN(CC(C)C)c1cc(C(N)=NO)ccn1. The molecule has 0 aliphatic carbocycles. The molecule has 0 amide bonds. The summed E-state index contributed by atoms with van der Waals surface area (Å²) in [6.45, 7) is 10.6. The van der Waals surface area contributed by atoms with E-state index in [0.717, 1.165) is 18.9 Å². The molecule has 0 aliphatic rings. The van der Waals surface area contributed by atoms with Crippen molar-refractivity contribution >= 4 is 11.7 Å². The molecular weight excluding hydrogens is 240 g/mol. The van der Waals surface area contributed by atoms with Crippen molar-refractivity contribution in [3.63, 3.8) is 0 Å². The molecule has 0 aromatic carbocycles. The minimum absolute atomic E-state index is 0.109. The van der Waals surface area contributed by atoms with E-state index in [9.17, 15) is 0 Å². The summed E-state index contributed by atoms with van der Waals surface area (Å²) in [5, 5.41) is 11.8. The molecule has 0 saturated carbocycles. The second kappa shape index (κ2) is 6.97. The number of nitrogens with zero attached hydrogens (tertiary/aromatic N) is 3. The summed E-state index contributed by atoms with van der Waals surface area (Å²) in [7, 11) is 0. The third-order valence-electron chi connectivity index (χ3n) is 2.64. The first-order chi connectivity index (χ1) is 8.93. The molecule has 0 fully saturated rings. The summed E-state index contributed by atoms with van der Waals surface area (Å²) in [6, 6.07) is 3.60.